The summed E-state index contributed by atoms with van der Waals surface area (Å²) in [5, 5.41) is 2.89. The molecule has 29 heavy (non-hydrogen) atoms. The van der Waals surface area contributed by atoms with Crippen LogP contribution in [-0.2, 0) is 6.54 Å². The Labute approximate surface area is 169 Å². The van der Waals surface area contributed by atoms with Gasteiger partial charge in [-0.1, -0.05) is 42.5 Å². The minimum absolute atomic E-state index is 0.206. The van der Waals surface area contributed by atoms with Crippen molar-refractivity contribution in [3.63, 3.8) is 0 Å². The summed E-state index contributed by atoms with van der Waals surface area (Å²) in [6, 6.07) is 19.8. The van der Waals surface area contributed by atoms with Gasteiger partial charge in [0.15, 0.2) is 0 Å². The van der Waals surface area contributed by atoms with Gasteiger partial charge in [0.25, 0.3) is 17.7 Å². The van der Waals surface area contributed by atoms with Crippen LogP contribution in [0.2, 0.25) is 0 Å². The van der Waals surface area contributed by atoms with Crippen molar-refractivity contribution in [2.24, 2.45) is 0 Å². The molecular weight excluding hydrogens is 364 g/mol. The van der Waals surface area contributed by atoms with Gasteiger partial charge in [0.2, 0.25) is 0 Å². The van der Waals surface area contributed by atoms with E-state index >= 15 is 0 Å². The van der Waals surface area contributed by atoms with Crippen LogP contribution in [-0.4, -0.2) is 22.6 Å². The molecule has 3 aromatic carbocycles. The number of carbonyl (C=O) groups excluding carboxylic acids is 3. The molecule has 1 aliphatic heterocycles. The van der Waals surface area contributed by atoms with Crippen LogP contribution in [0.25, 0.3) is 0 Å². The molecule has 0 saturated carbocycles. The molecule has 4 rings (SSSR count). The monoisotopic (exact) mass is 384 g/mol. The van der Waals surface area contributed by atoms with Gasteiger partial charge < -0.3 is 5.32 Å². The number of hydrogen-bond donors (Lipinski definition) is 1. The van der Waals surface area contributed by atoms with Crippen molar-refractivity contribution in [2.75, 3.05) is 5.32 Å². The van der Waals surface area contributed by atoms with Crippen LogP contribution >= 0.6 is 0 Å². The maximum absolute atomic E-state index is 12.8. The van der Waals surface area contributed by atoms with Gasteiger partial charge in [-0.15, -0.1) is 0 Å². The third-order valence-electron chi connectivity index (χ3n) is 5.06. The highest BCUT2D eigenvalue weighted by Crippen LogP contribution is 2.26. The number of carbonyl (C=O) groups is 3. The van der Waals surface area contributed by atoms with E-state index in [1.165, 1.54) is 11.0 Å². The zero-order chi connectivity index (χ0) is 20.5. The number of imide groups is 1. The van der Waals surface area contributed by atoms with Gasteiger partial charge in [-0.3, -0.25) is 19.3 Å². The molecule has 1 aliphatic rings. The summed E-state index contributed by atoms with van der Waals surface area (Å²) in [6.07, 6.45) is 0. The lowest BCUT2D eigenvalue weighted by Gasteiger charge is -2.13. The fourth-order valence-electron chi connectivity index (χ4n) is 3.41. The van der Waals surface area contributed by atoms with E-state index in [4.69, 9.17) is 0 Å². The third kappa shape index (κ3) is 3.55. The highest BCUT2D eigenvalue weighted by Gasteiger charge is 2.36. The Kier molecular flexibility index (Phi) is 4.72. The van der Waals surface area contributed by atoms with E-state index in [1.807, 2.05) is 62.4 Å². The van der Waals surface area contributed by atoms with Crippen LogP contribution in [0.3, 0.4) is 0 Å². The number of hydrogen-bond acceptors (Lipinski definition) is 3. The van der Waals surface area contributed by atoms with Crippen molar-refractivity contribution < 1.29 is 14.4 Å². The maximum atomic E-state index is 12.8. The average Bonchev–Trinajstić information content (AvgIpc) is 2.96. The van der Waals surface area contributed by atoms with E-state index in [2.05, 4.69) is 5.32 Å². The van der Waals surface area contributed by atoms with E-state index in [1.54, 1.807) is 12.1 Å². The quantitative estimate of drug-likeness (QED) is 0.680. The van der Waals surface area contributed by atoms with Crippen LogP contribution in [0, 0.1) is 13.8 Å². The molecule has 0 aliphatic carbocycles. The minimum atomic E-state index is -0.379. The molecular formula is C24H20N2O3. The van der Waals surface area contributed by atoms with Gasteiger partial charge in [-0.25, -0.2) is 0 Å². The van der Waals surface area contributed by atoms with Crippen molar-refractivity contribution in [3.8, 4) is 0 Å². The number of rotatable bonds is 4. The number of nitrogens with zero attached hydrogens (tertiary/aromatic N) is 1. The molecule has 0 unspecified atom stereocenters. The molecule has 0 spiro atoms. The first-order valence-electron chi connectivity index (χ1n) is 9.37. The molecule has 0 radical (unpaired) electrons. The van der Waals surface area contributed by atoms with Gasteiger partial charge in [-0.05, 0) is 54.8 Å². The second-order valence-electron chi connectivity index (χ2n) is 7.21. The predicted molar refractivity (Wildman–Crippen MR) is 111 cm³/mol. The molecule has 0 aromatic heterocycles. The summed E-state index contributed by atoms with van der Waals surface area (Å²) in [7, 11) is 0. The summed E-state index contributed by atoms with van der Waals surface area (Å²) in [5.41, 5.74) is 4.52. The van der Waals surface area contributed by atoms with E-state index in [-0.39, 0.29) is 29.8 Å². The summed E-state index contributed by atoms with van der Waals surface area (Å²) < 4.78 is 0. The predicted octanol–water partition coefficient (Wildman–Crippen LogP) is 4.35. The largest absolute Gasteiger partial charge is 0.322 e. The molecule has 1 N–H and O–H groups in total. The van der Waals surface area contributed by atoms with Crippen LogP contribution in [0.15, 0.2) is 66.7 Å². The van der Waals surface area contributed by atoms with Gasteiger partial charge in [0, 0.05) is 11.3 Å². The van der Waals surface area contributed by atoms with Gasteiger partial charge in [0.05, 0.1) is 17.7 Å². The Bertz CT molecular complexity index is 1140. The molecule has 0 bridgehead atoms. The van der Waals surface area contributed by atoms with Gasteiger partial charge >= 0.3 is 0 Å². The molecule has 0 atom stereocenters. The van der Waals surface area contributed by atoms with Crippen LogP contribution < -0.4 is 5.32 Å². The normalized spacial score (nSPS) is 12.8. The molecule has 5 nitrogen and oxygen atoms in total. The Morgan fingerprint density at radius 3 is 2.34 bits per heavy atom. The summed E-state index contributed by atoms with van der Waals surface area (Å²) in [5.74, 6) is -1.03. The Morgan fingerprint density at radius 2 is 1.59 bits per heavy atom. The van der Waals surface area contributed by atoms with E-state index in [0.717, 1.165) is 22.4 Å². The third-order valence-corrected chi connectivity index (χ3v) is 5.06. The number of fused-ring (bicyclic) bond motifs is 1. The second kappa shape index (κ2) is 7.36. The first kappa shape index (κ1) is 18.6. The van der Waals surface area contributed by atoms with Crippen LogP contribution in [0.1, 0.15) is 47.8 Å². The van der Waals surface area contributed by atoms with Gasteiger partial charge in [-0.2, -0.15) is 0 Å². The summed E-state index contributed by atoms with van der Waals surface area (Å²) in [4.78, 5) is 39.4. The van der Waals surface area contributed by atoms with Crippen molar-refractivity contribution in [1.29, 1.82) is 0 Å². The lowest BCUT2D eigenvalue weighted by Crippen LogP contribution is -2.29. The maximum Gasteiger partial charge on any atom is 0.261 e. The number of nitrogens with one attached hydrogen (secondary N) is 1. The molecule has 3 amide bonds. The molecule has 3 aromatic rings. The Hall–Kier alpha value is -3.73. The average molecular weight is 384 g/mol. The highest BCUT2D eigenvalue weighted by molar-refractivity contribution is 6.22. The number of benzene rings is 3. The van der Waals surface area contributed by atoms with Crippen LogP contribution in [0.4, 0.5) is 5.69 Å². The molecule has 0 fully saturated rings. The molecule has 144 valence electrons. The SMILES string of the molecule is Cc1ccc(C)c(NC(=O)c2ccc3c(c2)C(=O)N(Cc2ccccc2)C3=O)c1. The van der Waals surface area contributed by atoms with Crippen molar-refractivity contribution in [2.45, 2.75) is 20.4 Å². The molecule has 5 heteroatoms. The standard InChI is InChI=1S/C24H20N2O3/c1-15-8-9-16(2)21(12-15)25-22(27)18-10-11-19-20(13-18)24(29)26(23(19)28)14-17-6-4-3-5-7-17/h3-13H,14H2,1-2H3,(H,25,27). The Morgan fingerprint density at radius 1 is 0.862 bits per heavy atom. The first-order valence-corrected chi connectivity index (χ1v) is 9.37. The van der Waals surface area contributed by atoms with E-state index < -0.39 is 0 Å². The lowest BCUT2D eigenvalue weighted by molar-refractivity contribution is 0.0642. The lowest BCUT2D eigenvalue weighted by atomic mass is 10.0. The summed E-state index contributed by atoms with van der Waals surface area (Å²) >= 11 is 0. The topological polar surface area (TPSA) is 66.5 Å². The molecule has 0 saturated heterocycles. The number of anilines is 1. The first-order chi connectivity index (χ1) is 13.9. The van der Waals surface area contributed by atoms with E-state index in [0.29, 0.717) is 11.1 Å². The fourth-order valence-corrected chi connectivity index (χ4v) is 3.41. The molecule has 1 heterocycles. The number of amides is 3. The zero-order valence-corrected chi connectivity index (χ0v) is 16.2. The summed E-state index contributed by atoms with van der Waals surface area (Å²) in [6.45, 7) is 4.08. The van der Waals surface area contributed by atoms with Gasteiger partial charge in [0.1, 0.15) is 0 Å². The van der Waals surface area contributed by atoms with Crippen molar-refractivity contribution in [3.05, 3.63) is 100 Å². The highest BCUT2D eigenvalue weighted by atomic mass is 16.2. The smallest absolute Gasteiger partial charge is 0.261 e. The second-order valence-corrected chi connectivity index (χ2v) is 7.21. The van der Waals surface area contributed by atoms with Crippen LogP contribution in [0.5, 0.6) is 0 Å². The fraction of sp³-hybridized carbons (Fsp3) is 0.125. The minimum Gasteiger partial charge on any atom is -0.322 e. The Balaban J connectivity index is 1.58. The van der Waals surface area contributed by atoms with E-state index in [9.17, 15) is 14.4 Å². The zero-order valence-electron chi connectivity index (χ0n) is 16.2. The van der Waals surface area contributed by atoms with Crippen molar-refractivity contribution >= 4 is 23.4 Å². The van der Waals surface area contributed by atoms with Crippen molar-refractivity contribution in [1.82, 2.24) is 4.90 Å². The number of aryl methyl sites for hydroxylation is 2.